The summed E-state index contributed by atoms with van der Waals surface area (Å²) in [5.74, 6) is -0.276. The molecule has 4 nitrogen and oxygen atoms in total. The van der Waals surface area contributed by atoms with Gasteiger partial charge in [0.15, 0.2) is 0 Å². The molecule has 0 bridgehead atoms. The van der Waals surface area contributed by atoms with Crippen molar-refractivity contribution in [3.63, 3.8) is 0 Å². The fourth-order valence-corrected chi connectivity index (χ4v) is 2.36. The van der Waals surface area contributed by atoms with Gasteiger partial charge in [-0.15, -0.1) is 0 Å². The minimum Gasteiger partial charge on any atom is -0.371 e. The molecule has 0 unspecified atom stereocenters. The summed E-state index contributed by atoms with van der Waals surface area (Å²) in [6.45, 7) is 1.62. The van der Waals surface area contributed by atoms with Crippen molar-refractivity contribution in [2.45, 2.75) is 18.4 Å². The number of nitrogens with two attached hydrogens (primary N) is 1. The average Bonchev–Trinajstić information content (AvgIpc) is 2.33. The molecule has 17 heavy (non-hydrogen) atoms. The number of nitrogens with one attached hydrogen (secondary N) is 2. The van der Waals surface area contributed by atoms with E-state index in [4.69, 9.17) is 5.73 Å². The first-order chi connectivity index (χ1) is 8.12. The van der Waals surface area contributed by atoms with Crippen molar-refractivity contribution >= 4 is 27.5 Å². The van der Waals surface area contributed by atoms with Crippen LogP contribution < -0.4 is 16.4 Å². The van der Waals surface area contributed by atoms with Crippen LogP contribution in [-0.4, -0.2) is 24.5 Å². The molecule has 92 valence electrons. The summed E-state index contributed by atoms with van der Waals surface area (Å²) >= 11 is 3.38. The highest BCUT2D eigenvalue weighted by atomic mass is 79.9. The number of anilines is 1. The molecular formula is C12H16BrN3O. The second-order valence-electron chi connectivity index (χ2n) is 4.33. The number of primary amides is 1. The van der Waals surface area contributed by atoms with Gasteiger partial charge in [-0.05, 0) is 50.2 Å². The Morgan fingerprint density at radius 2 is 1.88 bits per heavy atom. The van der Waals surface area contributed by atoms with Gasteiger partial charge in [0.1, 0.15) is 5.54 Å². The third-order valence-corrected chi connectivity index (χ3v) is 3.69. The van der Waals surface area contributed by atoms with Gasteiger partial charge in [0.25, 0.3) is 0 Å². The number of halogens is 1. The van der Waals surface area contributed by atoms with Crippen LogP contribution in [0.15, 0.2) is 28.7 Å². The summed E-state index contributed by atoms with van der Waals surface area (Å²) in [5, 5.41) is 6.52. The van der Waals surface area contributed by atoms with E-state index in [0.717, 1.165) is 36.1 Å². The average molecular weight is 298 g/mol. The minimum atomic E-state index is -0.612. The van der Waals surface area contributed by atoms with Crippen LogP contribution in [0.3, 0.4) is 0 Å². The SMILES string of the molecule is NC(=O)C1(Nc2ccc(Br)cc2)CCNCC1. The maximum atomic E-state index is 11.7. The first kappa shape index (κ1) is 12.4. The Bertz CT molecular complexity index is 399. The lowest BCUT2D eigenvalue weighted by Gasteiger charge is -2.36. The smallest absolute Gasteiger partial charge is 0.243 e. The lowest BCUT2D eigenvalue weighted by molar-refractivity contribution is -0.123. The van der Waals surface area contributed by atoms with Crippen LogP contribution in [-0.2, 0) is 4.79 Å². The van der Waals surface area contributed by atoms with E-state index in [9.17, 15) is 4.79 Å². The lowest BCUT2D eigenvalue weighted by Crippen LogP contribution is -2.56. The van der Waals surface area contributed by atoms with Crippen molar-refractivity contribution in [3.05, 3.63) is 28.7 Å². The van der Waals surface area contributed by atoms with Crippen molar-refractivity contribution in [1.82, 2.24) is 5.32 Å². The Morgan fingerprint density at radius 1 is 1.29 bits per heavy atom. The third kappa shape index (κ3) is 2.79. The number of carbonyl (C=O) groups excluding carboxylic acids is 1. The molecule has 1 amide bonds. The number of amides is 1. The van der Waals surface area contributed by atoms with Gasteiger partial charge >= 0.3 is 0 Å². The van der Waals surface area contributed by atoms with Gasteiger partial charge in [0, 0.05) is 10.2 Å². The zero-order valence-electron chi connectivity index (χ0n) is 9.50. The molecule has 2 rings (SSSR count). The van der Waals surface area contributed by atoms with Crippen molar-refractivity contribution in [2.75, 3.05) is 18.4 Å². The van der Waals surface area contributed by atoms with E-state index in [1.165, 1.54) is 0 Å². The largest absolute Gasteiger partial charge is 0.371 e. The van der Waals surface area contributed by atoms with E-state index in [-0.39, 0.29) is 5.91 Å². The molecule has 1 saturated heterocycles. The van der Waals surface area contributed by atoms with E-state index in [0.29, 0.717) is 0 Å². The number of rotatable bonds is 3. The fraction of sp³-hybridized carbons (Fsp3) is 0.417. The van der Waals surface area contributed by atoms with E-state index < -0.39 is 5.54 Å². The van der Waals surface area contributed by atoms with Gasteiger partial charge in [-0.1, -0.05) is 15.9 Å². The molecule has 0 aromatic heterocycles. The Morgan fingerprint density at radius 3 is 2.41 bits per heavy atom. The molecule has 0 radical (unpaired) electrons. The lowest BCUT2D eigenvalue weighted by atomic mass is 9.87. The van der Waals surface area contributed by atoms with E-state index in [1.54, 1.807) is 0 Å². The van der Waals surface area contributed by atoms with Gasteiger partial charge in [0.05, 0.1) is 0 Å². The molecule has 0 atom stereocenters. The maximum Gasteiger partial charge on any atom is 0.243 e. The van der Waals surface area contributed by atoms with Crippen LogP contribution >= 0.6 is 15.9 Å². The number of hydrogen-bond donors (Lipinski definition) is 3. The van der Waals surface area contributed by atoms with E-state index in [1.807, 2.05) is 24.3 Å². The molecule has 0 spiro atoms. The van der Waals surface area contributed by atoms with Gasteiger partial charge < -0.3 is 16.4 Å². The number of benzene rings is 1. The fourth-order valence-electron chi connectivity index (χ4n) is 2.10. The summed E-state index contributed by atoms with van der Waals surface area (Å²) in [6.07, 6.45) is 1.44. The van der Waals surface area contributed by atoms with E-state index in [2.05, 4.69) is 26.6 Å². The Hall–Kier alpha value is -1.07. The predicted molar refractivity (Wildman–Crippen MR) is 71.8 cm³/mol. The summed E-state index contributed by atoms with van der Waals surface area (Å²) in [7, 11) is 0. The van der Waals surface area contributed by atoms with Gasteiger partial charge in [-0.25, -0.2) is 0 Å². The second kappa shape index (κ2) is 5.06. The van der Waals surface area contributed by atoms with Crippen molar-refractivity contribution < 1.29 is 4.79 Å². The second-order valence-corrected chi connectivity index (χ2v) is 5.24. The predicted octanol–water partition coefficient (Wildman–Crippen LogP) is 1.47. The first-order valence-corrected chi connectivity index (χ1v) is 6.46. The molecule has 1 fully saturated rings. The number of hydrogen-bond acceptors (Lipinski definition) is 3. The Labute approximate surface area is 109 Å². The maximum absolute atomic E-state index is 11.7. The molecule has 1 aromatic rings. The third-order valence-electron chi connectivity index (χ3n) is 3.16. The topological polar surface area (TPSA) is 67.2 Å². The van der Waals surface area contributed by atoms with Crippen LogP contribution in [0, 0.1) is 0 Å². The summed E-state index contributed by atoms with van der Waals surface area (Å²) < 4.78 is 1.02. The van der Waals surface area contributed by atoms with Crippen molar-refractivity contribution in [3.8, 4) is 0 Å². The summed E-state index contributed by atoms with van der Waals surface area (Å²) in [5.41, 5.74) is 5.85. The highest BCUT2D eigenvalue weighted by molar-refractivity contribution is 9.10. The molecule has 1 heterocycles. The highest BCUT2D eigenvalue weighted by Gasteiger charge is 2.37. The molecule has 0 saturated carbocycles. The van der Waals surface area contributed by atoms with Crippen LogP contribution in [0.4, 0.5) is 5.69 Å². The van der Waals surface area contributed by atoms with Gasteiger partial charge in [-0.3, -0.25) is 4.79 Å². The van der Waals surface area contributed by atoms with Gasteiger partial charge in [-0.2, -0.15) is 0 Å². The monoisotopic (exact) mass is 297 g/mol. The normalized spacial score (nSPS) is 18.6. The van der Waals surface area contributed by atoms with Crippen LogP contribution in [0.25, 0.3) is 0 Å². The molecule has 5 heteroatoms. The van der Waals surface area contributed by atoms with Crippen LogP contribution in [0.2, 0.25) is 0 Å². The minimum absolute atomic E-state index is 0.276. The Kier molecular flexibility index (Phi) is 3.69. The first-order valence-electron chi connectivity index (χ1n) is 5.67. The number of carbonyl (C=O) groups is 1. The molecular weight excluding hydrogens is 282 g/mol. The van der Waals surface area contributed by atoms with Crippen molar-refractivity contribution in [2.24, 2.45) is 5.73 Å². The Balaban J connectivity index is 2.17. The van der Waals surface area contributed by atoms with E-state index >= 15 is 0 Å². The molecule has 0 aliphatic carbocycles. The molecule has 4 N–H and O–H groups in total. The molecule has 1 aliphatic heterocycles. The van der Waals surface area contributed by atoms with Gasteiger partial charge in [0.2, 0.25) is 5.91 Å². The van der Waals surface area contributed by atoms with Crippen molar-refractivity contribution in [1.29, 1.82) is 0 Å². The zero-order chi connectivity index (χ0) is 12.3. The highest BCUT2D eigenvalue weighted by Crippen LogP contribution is 2.25. The molecule has 1 aromatic carbocycles. The number of piperidine rings is 1. The molecule has 1 aliphatic rings. The standard InChI is InChI=1S/C12H16BrN3O/c13-9-1-3-10(4-2-9)16-12(11(14)17)5-7-15-8-6-12/h1-4,15-16H,5-8H2,(H2,14,17). The summed E-state index contributed by atoms with van der Waals surface area (Å²) in [6, 6.07) is 7.77. The van der Waals surface area contributed by atoms with Crippen LogP contribution in [0.1, 0.15) is 12.8 Å². The zero-order valence-corrected chi connectivity index (χ0v) is 11.1. The summed E-state index contributed by atoms with van der Waals surface area (Å²) in [4.78, 5) is 11.7. The van der Waals surface area contributed by atoms with Crippen LogP contribution in [0.5, 0.6) is 0 Å². The quantitative estimate of drug-likeness (QED) is 0.791.